The van der Waals surface area contributed by atoms with Gasteiger partial charge in [-0.3, -0.25) is 5.21 Å². The molecule has 1 aliphatic rings. The molecule has 0 atom stereocenters. The zero-order valence-electron chi connectivity index (χ0n) is 11.1. The summed E-state index contributed by atoms with van der Waals surface area (Å²) >= 11 is 0. The Labute approximate surface area is 121 Å². The van der Waals surface area contributed by atoms with Crippen molar-refractivity contribution in [2.45, 2.75) is 4.90 Å². The molecule has 0 fully saturated rings. The molecule has 0 saturated heterocycles. The molecule has 0 unspecified atom stereocenters. The number of hydrogen-bond acceptors (Lipinski definition) is 5. The van der Waals surface area contributed by atoms with Crippen LogP contribution in [0.4, 0.5) is 5.69 Å². The third-order valence-corrected chi connectivity index (χ3v) is 4.42. The van der Waals surface area contributed by atoms with E-state index in [-0.39, 0.29) is 16.4 Å². The van der Waals surface area contributed by atoms with E-state index in [2.05, 4.69) is 4.40 Å². The van der Waals surface area contributed by atoms with Crippen LogP contribution in [0.1, 0.15) is 5.56 Å². The first-order valence-corrected chi connectivity index (χ1v) is 7.54. The largest absolute Gasteiger partial charge is 0.497 e. The quantitative estimate of drug-likeness (QED) is 0.918. The molecule has 2 aromatic carbocycles. The second-order valence-electron chi connectivity index (χ2n) is 4.40. The predicted molar refractivity (Wildman–Crippen MR) is 77.4 cm³/mol. The van der Waals surface area contributed by atoms with Crippen molar-refractivity contribution < 1.29 is 18.4 Å². The highest BCUT2D eigenvalue weighted by atomic mass is 32.2. The van der Waals surface area contributed by atoms with Crippen LogP contribution in [0, 0.1) is 0 Å². The van der Waals surface area contributed by atoms with Gasteiger partial charge in [0.15, 0.2) is 5.84 Å². The van der Waals surface area contributed by atoms with E-state index in [1.165, 1.54) is 19.2 Å². The number of methoxy groups -OCH3 is 1. The molecule has 0 amide bonds. The molecule has 0 spiro atoms. The fraction of sp³-hybridized carbons (Fsp3) is 0.0714. The molecule has 1 aliphatic heterocycles. The van der Waals surface area contributed by atoms with Gasteiger partial charge in [0.1, 0.15) is 10.6 Å². The molecule has 21 heavy (non-hydrogen) atoms. The Bertz CT molecular complexity index is 830. The number of benzene rings is 2. The molecule has 108 valence electrons. The highest BCUT2D eigenvalue weighted by molar-refractivity contribution is 7.90. The fourth-order valence-electron chi connectivity index (χ4n) is 2.10. The first kappa shape index (κ1) is 13.6. The maximum atomic E-state index is 12.2. The minimum absolute atomic E-state index is 0.0286. The first-order valence-electron chi connectivity index (χ1n) is 6.10. The van der Waals surface area contributed by atoms with Gasteiger partial charge in [0.05, 0.1) is 12.8 Å². The van der Waals surface area contributed by atoms with Gasteiger partial charge >= 0.3 is 0 Å². The number of hydrogen-bond donors (Lipinski definition) is 1. The number of hydroxylamine groups is 1. The van der Waals surface area contributed by atoms with Crippen LogP contribution in [0.25, 0.3) is 0 Å². The summed E-state index contributed by atoms with van der Waals surface area (Å²) in [6, 6.07) is 12.8. The monoisotopic (exact) mass is 304 g/mol. The molecule has 2 aromatic rings. The lowest BCUT2D eigenvalue weighted by Crippen LogP contribution is -2.33. The number of fused-ring (bicyclic) bond motifs is 1. The molecule has 7 heteroatoms. The van der Waals surface area contributed by atoms with Crippen LogP contribution in [-0.4, -0.2) is 26.6 Å². The zero-order chi connectivity index (χ0) is 15.0. The van der Waals surface area contributed by atoms with Gasteiger partial charge in [-0.05, 0) is 24.3 Å². The van der Waals surface area contributed by atoms with Crippen LogP contribution in [0.3, 0.4) is 0 Å². The highest BCUT2D eigenvalue weighted by Crippen LogP contribution is 2.32. The van der Waals surface area contributed by atoms with Gasteiger partial charge in [-0.15, -0.1) is 4.40 Å². The smallest absolute Gasteiger partial charge is 0.286 e. The fourth-order valence-corrected chi connectivity index (χ4v) is 3.28. The molecule has 6 nitrogen and oxygen atoms in total. The number of nitrogens with zero attached hydrogens (tertiary/aromatic N) is 2. The van der Waals surface area contributed by atoms with Gasteiger partial charge < -0.3 is 4.74 Å². The zero-order valence-corrected chi connectivity index (χ0v) is 11.9. The van der Waals surface area contributed by atoms with E-state index in [9.17, 15) is 13.6 Å². The minimum Gasteiger partial charge on any atom is -0.497 e. The van der Waals surface area contributed by atoms with Crippen molar-refractivity contribution in [1.82, 2.24) is 0 Å². The molecular weight excluding hydrogens is 292 g/mol. The van der Waals surface area contributed by atoms with Crippen LogP contribution in [0.2, 0.25) is 0 Å². The lowest BCUT2D eigenvalue weighted by molar-refractivity contribution is 0.309. The molecule has 1 N–H and O–H groups in total. The molecule has 0 aliphatic carbocycles. The Morgan fingerprint density at radius 2 is 1.90 bits per heavy atom. The first-order chi connectivity index (χ1) is 10.0. The number of anilines is 1. The van der Waals surface area contributed by atoms with Crippen LogP contribution >= 0.6 is 0 Å². The van der Waals surface area contributed by atoms with Crippen molar-refractivity contribution in [1.29, 1.82) is 0 Å². The van der Waals surface area contributed by atoms with E-state index < -0.39 is 10.0 Å². The van der Waals surface area contributed by atoms with E-state index in [1.54, 1.807) is 36.4 Å². The number of para-hydroxylation sites is 1. The van der Waals surface area contributed by atoms with Gasteiger partial charge in [-0.25, -0.2) is 5.06 Å². The molecule has 0 aromatic heterocycles. The van der Waals surface area contributed by atoms with E-state index in [0.717, 1.165) is 5.06 Å². The molecule has 0 bridgehead atoms. The Hall–Kier alpha value is -2.38. The average Bonchev–Trinajstić information content (AvgIpc) is 2.51. The van der Waals surface area contributed by atoms with Gasteiger partial charge in [0, 0.05) is 5.56 Å². The third kappa shape index (κ3) is 2.26. The summed E-state index contributed by atoms with van der Waals surface area (Å²) < 4.78 is 33.2. The Kier molecular flexibility index (Phi) is 3.15. The number of ether oxygens (including phenoxy) is 1. The van der Waals surface area contributed by atoms with Crippen LogP contribution in [0.15, 0.2) is 57.8 Å². The molecular formula is C14H12N2O4S. The SMILES string of the molecule is COc1cccc(C2=NS(=O)(=O)c3ccccc3N2O)c1. The van der Waals surface area contributed by atoms with E-state index >= 15 is 0 Å². The second-order valence-corrected chi connectivity index (χ2v) is 5.97. The van der Waals surface area contributed by atoms with Crippen molar-refractivity contribution in [3.63, 3.8) is 0 Å². The van der Waals surface area contributed by atoms with E-state index in [0.29, 0.717) is 11.3 Å². The number of amidine groups is 1. The van der Waals surface area contributed by atoms with Crippen molar-refractivity contribution in [3.8, 4) is 5.75 Å². The Morgan fingerprint density at radius 3 is 2.67 bits per heavy atom. The summed E-state index contributed by atoms with van der Waals surface area (Å²) in [6.07, 6.45) is 0. The summed E-state index contributed by atoms with van der Waals surface area (Å²) in [7, 11) is -2.34. The minimum atomic E-state index is -3.85. The Morgan fingerprint density at radius 1 is 1.14 bits per heavy atom. The van der Waals surface area contributed by atoms with Gasteiger partial charge in [0.25, 0.3) is 10.0 Å². The van der Waals surface area contributed by atoms with E-state index in [1.807, 2.05) is 0 Å². The van der Waals surface area contributed by atoms with Crippen molar-refractivity contribution in [3.05, 3.63) is 54.1 Å². The van der Waals surface area contributed by atoms with Crippen LogP contribution in [-0.2, 0) is 10.0 Å². The highest BCUT2D eigenvalue weighted by Gasteiger charge is 2.30. The second kappa shape index (κ2) is 4.87. The maximum Gasteiger partial charge on any atom is 0.286 e. The summed E-state index contributed by atoms with van der Waals surface area (Å²) in [5, 5.41) is 11.0. The number of rotatable bonds is 2. The molecule has 0 saturated carbocycles. The van der Waals surface area contributed by atoms with Crippen molar-refractivity contribution >= 4 is 21.5 Å². The summed E-state index contributed by atoms with van der Waals surface area (Å²) in [6.45, 7) is 0. The maximum absolute atomic E-state index is 12.2. The van der Waals surface area contributed by atoms with E-state index in [4.69, 9.17) is 4.74 Å². The van der Waals surface area contributed by atoms with Gasteiger partial charge in [-0.2, -0.15) is 8.42 Å². The Balaban J connectivity index is 2.19. The lowest BCUT2D eigenvalue weighted by atomic mass is 10.2. The normalized spacial score (nSPS) is 16.1. The van der Waals surface area contributed by atoms with Gasteiger partial charge in [0.2, 0.25) is 0 Å². The summed E-state index contributed by atoms with van der Waals surface area (Å²) in [5.41, 5.74) is 0.611. The third-order valence-electron chi connectivity index (χ3n) is 3.11. The molecule has 1 heterocycles. The standard InChI is InChI=1S/C14H12N2O4S/c1-20-11-6-4-5-10(9-11)14-15-21(18,19)13-8-3-2-7-12(13)16(14)17/h2-9,17H,1H3. The summed E-state index contributed by atoms with van der Waals surface area (Å²) in [4.78, 5) is -0.0286. The van der Waals surface area contributed by atoms with Crippen LogP contribution in [0.5, 0.6) is 5.75 Å². The lowest BCUT2D eigenvalue weighted by Gasteiger charge is -2.25. The number of sulfonamides is 1. The predicted octanol–water partition coefficient (Wildman–Crippen LogP) is 2.04. The van der Waals surface area contributed by atoms with Crippen molar-refractivity contribution in [2.75, 3.05) is 12.2 Å². The van der Waals surface area contributed by atoms with Crippen molar-refractivity contribution in [2.24, 2.45) is 4.40 Å². The molecule has 3 rings (SSSR count). The average molecular weight is 304 g/mol. The van der Waals surface area contributed by atoms with Gasteiger partial charge in [-0.1, -0.05) is 24.3 Å². The topological polar surface area (TPSA) is 79.2 Å². The molecule has 0 radical (unpaired) electrons. The summed E-state index contributed by atoms with van der Waals surface area (Å²) in [5.74, 6) is 0.479. The van der Waals surface area contributed by atoms with Crippen LogP contribution < -0.4 is 9.80 Å².